The van der Waals surface area contributed by atoms with E-state index in [-0.39, 0.29) is 23.7 Å². The van der Waals surface area contributed by atoms with Crippen LogP contribution in [-0.2, 0) is 9.59 Å². The molecule has 0 aliphatic heterocycles. The second kappa shape index (κ2) is 7.29. The minimum absolute atomic E-state index is 0.127. The van der Waals surface area contributed by atoms with Gasteiger partial charge in [-0.3, -0.25) is 9.59 Å². The van der Waals surface area contributed by atoms with Gasteiger partial charge in [-0.05, 0) is 50.5 Å². The Balaban J connectivity index is 1.64. The molecule has 0 aromatic heterocycles. The van der Waals surface area contributed by atoms with Crippen LogP contribution < -0.4 is 10.6 Å². The molecule has 0 bridgehead atoms. The second-order valence-electron chi connectivity index (χ2n) is 6.80. The Labute approximate surface area is 162 Å². The van der Waals surface area contributed by atoms with Gasteiger partial charge in [0.25, 0.3) is 0 Å². The van der Waals surface area contributed by atoms with Crippen molar-refractivity contribution >= 4 is 46.4 Å². The first-order valence-electron chi connectivity index (χ1n) is 8.41. The van der Waals surface area contributed by atoms with Crippen LogP contribution in [0.5, 0.6) is 0 Å². The van der Waals surface area contributed by atoms with E-state index >= 15 is 0 Å². The fourth-order valence-corrected chi connectivity index (χ4v) is 3.54. The van der Waals surface area contributed by atoms with Crippen LogP contribution in [-0.4, -0.2) is 11.8 Å². The molecule has 26 heavy (non-hydrogen) atoms. The number of hydrogen-bond donors (Lipinski definition) is 2. The van der Waals surface area contributed by atoms with E-state index < -0.39 is 0 Å². The third kappa shape index (κ3) is 3.87. The van der Waals surface area contributed by atoms with Crippen LogP contribution in [0, 0.1) is 32.6 Å². The van der Waals surface area contributed by atoms with Crippen LogP contribution in [0.3, 0.4) is 0 Å². The van der Waals surface area contributed by atoms with Gasteiger partial charge in [0.15, 0.2) is 0 Å². The lowest BCUT2D eigenvalue weighted by Crippen LogP contribution is -2.21. The van der Waals surface area contributed by atoms with E-state index in [1.165, 1.54) is 0 Å². The highest BCUT2D eigenvalue weighted by atomic mass is 35.5. The standard InChI is InChI=1S/C20H20Cl2N2O2/c1-10-7-11(2)18(12(3)8-10)24-20(26)14-9-13(14)19(25)23-16-6-4-5-15(21)17(16)22/h4-8,13-14H,9H2,1-3H3,(H,23,25)(H,24,26). The van der Waals surface area contributed by atoms with Crippen molar-refractivity contribution in [2.45, 2.75) is 27.2 Å². The molecular weight excluding hydrogens is 371 g/mol. The third-order valence-electron chi connectivity index (χ3n) is 4.60. The molecule has 2 unspecified atom stereocenters. The van der Waals surface area contributed by atoms with Crippen LogP contribution in [0.2, 0.25) is 10.0 Å². The van der Waals surface area contributed by atoms with Gasteiger partial charge in [-0.15, -0.1) is 0 Å². The van der Waals surface area contributed by atoms with E-state index in [2.05, 4.69) is 10.6 Å². The molecule has 2 aromatic rings. The summed E-state index contributed by atoms with van der Waals surface area (Å²) in [5.74, 6) is -1.02. The predicted molar refractivity (Wildman–Crippen MR) is 106 cm³/mol. The van der Waals surface area contributed by atoms with Gasteiger partial charge in [0.1, 0.15) is 0 Å². The first kappa shape index (κ1) is 18.7. The first-order valence-corrected chi connectivity index (χ1v) is 9.17. The van der Waals surface area contributed by atoms with Crippen molar-refractivity contribution in [3.63, 3.8) is 0 Å². The zero-order chi connectivity index (χ0) is 19.0. The summed E-state index contributed by atoms with van der Waals surface area (Å²) in [6.07, 6.45) is 0.528. The minimum atomic E-state index is -0.351. The summed E-state index contributed by atoms with van der Waals surface area (Å²) in [7, 11) is 0. The highest BCUT2D eigenvalue weighted by molar-refractivity contribution is 6.44. The van der Waals surface area contributed by atoms with E-state index in [4.69, 9.17) is 23.2 Å². The van der Waals surface area contributed by atoms with Gasteiger partial charge in [0.05, 0.1) is 27.6 Å². The van der Waals surface area contributed by atoms with Gasteiger partial charge in [-0.25, -0.2) is 0 Å². The molecule has 1 fully saturated rings. The van der Waals surface area contributed by atoms with Crippen molar-refractivity contribution in [2.75, 3.05) is 10.6 Å². The molecule has 0 heterocycles. The van der Waals surface area contributed by atoms with Crippen molar-refractivity contribution in [2.24, 2.45) is 11.8 Å². The molecule has 0 spiro atoms. The smallest absolute Gasteiger partial charge is 0.228 e. The van der Waals surface area contributed by atoms with Crippen LogP contribution in [0.15, 0.2) is 30.3 Å². The van der Waals surface area contributed by atoms with E-state index in [0.717, 1.165) is 22.4 Å². The van der Waals surface area contributed by atoms with Gasteiger partial charge in [0.2, 0.25) is 11.8 Å². The van der Waals surface area contributed by atoms with Crippen LogP contribution in [0.25, 0.3) is 0 Å². The summed E-state index contributed by atoms with van der Waals surface area (Å²) in [6.45, 7) is 5.95. The molecule has 1 saturated carbocycles. The summed E-state index contributed by atoms with van der Waals surface area (Å²) in [5.41, 5.74) is 4.47. The van der Waals surface area contributed by atoms with Crippen molar-refractivity contribution in [3.05, 3.63) is 57.1 Å². The van der Waals surface area contributed by atoms with Gasteiger partial charge in [0, 0.05) is 5.69 Å². The zero-order valence-electron chi connectivity index (χ0n) is 14.8. The maximum absolute atomic E-state index is 12.5. The summed E-state index contributed by atoms with van der Waals surface area (Å²) < 4.78 is 0. The van der Waals surface area contributed by atoms with Crippen LogP contribution in [0.4, 0.5) is 11.4 Å². The van der Waals surface area contributed by atoms with Crippen LogP contribution >= 0.6 is 23.2 Å². The number of nitrogens with one attached hydrogen (secondary N) is 2. The van der Waals surface area contributed by atoms with Crippen LogP contribution in [0.1, 0.15) is 23.1 Å². The lowest BCUT2D eigenvalue weighted by Gasteiger charge is -2.13. The minimum Gasteiger partial charge on any atom is -0.325 e. The molecule has 0 saturated heterocycles. The highest BCUT2D eigenvalue weighted by Gasteiger charge is 2.48. The molecule has 4 nitrogen and oxygen atoms in total. The average molecular weight is 391 g/mol. The van der Waals surface area contributed by atoms with Gasteiger partial charge in [-0.1, -0.05) is 47.0 Å². The zero-order valence-corrected chi connectivity index (χ0v) is 16.3. The number of rotatable bonds is 4. The number of benzene rings is 2. The number of carbonyl (C=O) groups is 2. The first-order chi connectivity index (χ1) is 12.3. The molecule has 0 radical (unpaired) electrons. The fourth-order valence-electron chi connectivity index (χ4n) is 3.19. The number of carbonyl (C=O) groups excluding carboxylic acids is 2. The third-order valence-corrected chi connectivity index (χ3v) is 5.42. The lowest BCUT2D eigenvalue weighted by molar-refractivity contribution is -0.122. The van der Waals surface area contributed by atoms with Gasteiger partial charge >= 0.3 is 0 Å². The summed E-state index contributed by atoms with van der Waals surface area (Å²) in [4.78, 5) is 24.9. The monoisotopic (exact) mass is 390 g/mol. The quantitative estimate of drug-likeness (QED) is 0.759. The predicted octanol–water partition coefficient (Wildman–Crippen LogP) is 5.13. The summed E-state index contributed by atoms with van der Waals surface area (Å²) in [5, 5.41) is 6.40. The van der Waals surface area contributed by atoms with Crippen molar-refractivity contribution in [1.82, 2.24) is 0 Å². The Bertz CT molecular complexity index is 872. The molecule has 2 N–H and O–H groups in total. The average Bonchev–Trinajstić information content (AvgIpc) is 3.36. The Morgan fingerprint density at radius 2 is 1.54 bits per heavy atom. The number of anilines is 2. The van der Waals surface area contributed by atoms with E-state index in [9.17, 15) is 9.59 Å². The number of aryl methyl sites for hydroxylation is 3. The number of halogens is 2. The van der Waals surface area contributed by atoms with E-state index in [0.29, 0.717) is 22.2 Å². The topological polar surface area (TPSA) is 58.2 Å². The molecular formula is C20H20Cl2N2O2. The van der Waals surface area contributed by atoms with Gasteiger partial charge in [-0.2, -0.15) is 0 Å². The van der Waals surface area contributed by atoms with E-state index in [1.54, 1.807) is 18.2 Å². The Morgan fingerprint density at radius 3 is 2.15 bits per heavy atom. The van der Waals surface area contributed by atoms with Crippen molar-refractivity contribution < 1.29 is 9.59 Å². The number of amides is 2. The molecule has 1 aliphatic carbocycles. The summed E-state index contributed by atoms with van der Waals surface area (Å²) in [6, 6.07) is 9.10. The summed E-state index contributed by atoms with van der Waals surface area (Å²) >= 11 is 12.0. The SMILES string of the molecule is Cc1cc(C)c(NC(=O)C2CC2C(=O)Nc2cccc(Cl)c2Cl)c(C)c1. The Morgan fingerprint density at radius 1 is 0.962 bits per heavy atom. The van der Waals surface area contributed by atoms with Gasteiger partial charge < -0.3 is 10.6 Å². The number of hydrogen-bond acceptors (Lipinski definition) is 2. The Kier molecular flexibility index (Phi) is 5.26. The molecule has 2 atom stereocenters. The van der Waals surface area contributed by atoms with Crippen molar-refractivity contribution in [3.8, 4) is 0 Å². The maximum atomic E-state index is 12.5. The largest absolute Gasteiger partial charge is 0.325 e. The maximum Gasteiger partial charge on any atom is 0.228 e. The molecule has 2 amide bonds. The molecule has 1 aliphatic rings. The highest BCUT2D eigenvalue weighted by Crippen LogP contribution is 2.41. The molecule has 6 heteroatoms. The fraction of sp³-hybridized carbons (Fsp3) is 0.300. The molecule has 136 valence electrons. The lowest BCUT2D eigenvalue weighted by atomic mass is 10.0. The second-order valence-corrected chi connectivity index (χ2v) is 7.59. The normalized spacial score (nSPS) is 18.3. The molecule has 2 aromatic carbocycles. The molecule has 3 rings (SSSR count). The van der Waals surface area contributed by atoms with E-state index in [1.807, 2.05) is 32.9 Å². The Hall–Kier alpha value is -2.04. The van der Waals surface area contributed by atoms with Crippen molar-refractivity contribution in [1.29, 1.82) is 0 Å².